The largest absolute Gasteiger partial charge is 0.775 e. The van der Waals surface area contributed by atoms with E-state index in [1.807, 2.05) is 30.3 Å². The van der Waals surface area contributed by atoms with Gasteiger partial charge in [-0.25, -0.2) is 9.11 Å². The molecule has 19 heteroatoms. The van der Waals surface area contributed by atoms with Gasteiger partial charge in [-0.15, -0.1) is 0 Å². The van der Waals surface area contributed by atoms with Crippen molar-refractivity contribution in [2.75, 3.05) is 6.61 Å². The smallest absolute Gasteiger partial charge is 0.330 e. The third-order valence-corrected chi connectivity index (χ3v) is 11.8. The van der Waals surface area contributed by atoms with Gasteiger partial charge in [0.15, 0.2) is 20.1 Å². The number of aromatic nitrogens is 2. The van der Waals surface area contributed by atoms with Crippen molar-refractivity contribution >= 4 is 28.5 Å². The lowest BCUT2D eigenvalue weighted by Gasteiger charge is -2.35. The molecule has 8 atom stereocenters. The number of aryl methyl sites for hydroxylation is 3. The van der Waals surface area contributed by atoms with Crippen molar-refractivity contribution in [3.05, 3.63) is 98.3 Å². The Bertz CT molecular complexity index is 1800. The van der Waals surface area contributed by atoms with E-state index < -0.39 is 77.2 Å². The number of phosphoric acid groups is 2. The minimum atomic E-state index is -6.03. The second kappa shape index (κ2) is 13.3. The molecule has 1 N–H and O–H groups in total. The summed E-state index contributed by atoms with van der Waals surface area (Å²) in [5, 5.41) is -0.513. The van der Waals surface area contributed by atoms with Crippen LogP contribution in [0, 0.1) is 13.8 Å². The Morgan fingerprint density at radius 2 is 1.58 bits per heavy atom. The zero-order chi connectivity index (χ0) is 32.6. The molecule has 0 saturated carbocycles. The fourth-order valence-electron chi connectivity index (χ4n) is 4.85. The van der Waals surface area contributed by atoms with Crippen LogP contribution >= 0.6 is 23.2 Å². The van der Waals surface area contributed by atoms with Gasteiger partial charge < -0.3 is 38.0 Å². The second-order valence-electron chi connectivity index (χ2n) is 10.4. The first-order valence-corrected chi connectivity index (χ1v) is 18.0. The highest BCUT2D eigenvalue weighted by molar-refractivity contribution is 7.70. The fourth-order valence-corrected chi connectivity index (χ4v) is 8.78. The van der Waals surface area contributed by atoms with E-state index in [2.05, 4.69) is 13.6 Å². The van der Waals surface area contributed by atoms with Gasteiger partial charge in [0, 0.05) is 24.0 Å². The summed E-state index contributed by atoms with van der Waals surface area (Å²) in [5.74, 6) is 0. The predicted octanol–water partition coefficient (Wildman–Crippen LogP) is 0.659. The normalized spacial score (nSPS) is 26.9. The first-order chi connectivity index (χ1) is 21.1. The zero-order valence-corrected chi connectivity index (χ0v) is 26.5. The molecule has 1 aromatic heterocycles. The summed E-state index contributed by atoms with van der Waals surface area (Å²) in [6.45, 7) is 2.41. The quantitative estimate of drug-likeness (QED) is 0.258. The molecule has 2 fully saturated rings. The minimum Gasteiger partial charge on any atom is -0.775 e. The van der Waals surface area contributed by atoms with Crippen molar-refractivity contribution in [3.8, 4) is 0 Å². The Morgan fingerprint density at radius 1 is 0.867 bits per heavy atom. The van der Waals surface area contributed by atoms with E-state index in [4.69, 9.17) is 18.7 Å². The third-order valence-electron chi connectivity index (χ3n) is 7.15. The van der Waals surface area contributed by atoms with Crippen molar-refractivity contribution < 1.29 is 55.7 Å². The molecule has 0 spiro atoms. The van der Waals surface area contributed by atoms with Crippen LogP contribution in [0.15, 0.2) is 70.4 Å². The number of nitrogens with zero attached hydrogens (tertiary/aromatic N) is 1. The first kappa shape index (κ1) is 33.8. The van der Waals surface area contributed by atoms with Crippen LogP contribution in [0.5, 0.6) is 0 Å². The van der Waals surface area contributed by atoms with E-state index in [0.29, 0.717) is 18.4 Å². The molecule has 16 nitrogen and oxygen atoms in total. The van der Waals surface area contributed by atoms with Crippen LogP contribution < -0.4 is 31.2 Å². The summed E-state index contributed by atoms with van der Waals surface area (Å²) in [6, 6.07) is 14.2. The van der Waals surface area contributed by atoms with Gasteiger partial charge in [-0.3, -0.25) is 27.8 Å². The van der Waals surface area contributed by atoms with Gasteiger partial charge >= 0.3 is 5.69 Å². The van der Waals surface area contributed by atoms with Crippen molar-refractivity contribution in [1.82, 2.24) is 9.55 Å². The summed E-state index contributed by atoms with van der Waals surface area (Å²) in [5.41, 5.74) is 0.742. The van der Waals surface area contributed by atoms with E-state index in [0.717, 1.165) is 40.1 Å². The highest BCUT2D eigenvalue weighted by Crippen LogP contribution is 2.62. The van der Waals surface area contributed by atoms with Crippen molar-refractivity contribution in [1.29, 1.82) is 0 Å². The van der Waals surface area contributed by atoms with Crippen molar-refractivity contribution in [2.45, 2.75) is 57.5 Å². The van der Waals surface area contributed by atoms with Crippen LogP contribution in [0.1, 0.15) is 29.3 Å². The summed E-state index contributed by atoms with van der Waals surface area (Å²) >= 11 is 0. The number of aromatic amines is 1. The topological polar surface area (TPSA) is 231 Å². The van der Waals surface area contributed by atoms with Crippen LogP contribution in [-0.2, 0) is 47.5 Å². The highest BCUT2D eigenvalue weighted by Gasteiger charge is 2.53. The predicted molar refractivity (Wildman–Crippen MR) is 150 cm³/mol. The van der Waals surface area contributed by atoms with Gasteiger partial charge in [0.05, 0.1) is 6.61 Å². The third kappa shape index (κ3) is 8.25. The number of hydrogen-bond acceptors (Lipinski definition) is 14. The molecule has 2 aromatic carbocycles. The number of hydrogen-bond donors (Lipinski definition) is 1. The maximum absolute atomic E-state index is 12.5. The zero-order valence-electron chi connectivity index (χ0n) is 23.8. The number of rotatable bonds is 12. The maximum Gasteiger partial charge on any atom is 0.330 e. The van der Waals surface area contributed by atoms with Gasteiger partial charge in [-0.1, -0.05) is 42.5 Å². The second-order valence-corrected chi connectivity index (χ2v) is 15.2. The lowest BCUT2D eigenvalue weighted by atomic mass is 10.1. The van der Waals surface area contributed by atoms with Crippen LogP contribution in [0.2, 0.25) is 0 Å². The molecule has 45 heavy (non-hydrogen) atoms. The van der Waals surface area contributed by atoms with Crippen LogP contribution in [0.25, 0.3) is 0 Å². The van der Waals surface area contributed by atoms with Crippen molar-refractivity contribution in [2.24, 2.45) is 0 Å². The Balaban J connectivity index is 1.27. The molecular formula is C26H28N2O14P3-3. The van der Waals surface area contributed by atoms with Crippen molar-refractivity contribution in [3.63, 3.8) is 0 Å². The molecular weight excluding hydrogens is 657 g/mol. The summed E-state index contributed by atoms with van der Waals surface area (Å²) < 4.78 is 69.0. The molecule has 0 bridgehead atoms. The van der Waals surface area contributed by atoms with Gasteiger partial charge in [-0.2, -0.15) is 0 Å². The average Bonchev–Trinajstić information content (AvgIpc) is 3.51. The Morgan fingerprint density at radius 3 is 2.27 bits per heavy atom. The molecule has 5 rings (SSSR count). The number of ether oxygens (including phenoxy) is 3. The summed E-state index contributed by atoms with van der Waals surface area (Å²) in [6.07, 6.45) is -3.10. The Labute approximate surface area is 256 Å². The van der Waals surface area contributed by atoms with E-state index in [1.165, 1.54) is 6.07 Å². The minimum absolute atomic E-state index is 0.382. The molecule has 0 amide bonds. The molecule has 0 radical (unpaired) electrons. The lowest BCUT2D eigenvalue weighted by Crippen LogP contribution is -2.36. The molecule has 3 heterocycles. The van der Waals surface area contributed by atoms with Crippen LogP contribution in [0.4, 0.5) is 0 Å². The number of fused-ring (bicyclic) bond motifs is 1. The summed E-state index contributed by atoms with van der Waals surface area (Å²) in [7, 11) is -17.1. The van der Waals surface area contributed by atoms with E-state index >= 15 is 0 Å². The molecule has 5 unspecified atom stereocenters. The molecule has 3 aromatic rings. The van der Waals surface area contributed by atoms with Crippen LogP contribution in [0.3, 0.4) is 0 Å². The van der Waals surface area contributed by atoms with Gasteiger partial charge in [0.1, 0.15) is 18.3 Å². The molecule has 0 aliphatic carbocycles. The van der Waals surface area contributed by atoms with Crippen LogP contribution in [-0.4, -0.2) is 40.8 Å². The Hall–Kier alpha value is -2.55. The molecule has 2 aliphatic rings. The summed E-state index contributed by atoms with van der Waals surface area (Å²) in [4.78, 5) is 63.5. The first-order valence-electron chi connectivity index (χ1n) is 13.5. The maximum atomic E-state index is 12.5. The SMILES string of the molecule is Cc1ccc(P(=O)([O-])OP(=O)([O-])OP(=O)([O-])OC[C@H]2O[C@@H](n3ccc(=O)[nH]c3=O)[C@H]3OC(CCc4ccccc4)OC23)cc1C. The van der Waals surface area contributed by atoms with Gasteiger partial charge in [0.25, 0.3) is 21.2 Å². The van der Waals surface area contributed by atoms with Gasteiger partial charge in [0.2, 0.25) is 0 Å². The number of phosphoric ester groups is 1. The standard InChI is InChI=1S/C26H31N2O14P3/c1-16-8-10-19(14-17(16)2)43(31,32)41-45(35,36)42-44(33,34)37-15-20-23-24(25(38-20)28-13-12-21(29)27-26(28)30)40-22(39-23)11-9-18-6-4-3-5-7-18/h3-8,10,12-14,20,22-25H,9,11,15H2,1-2H3,(H,31,32)(H,33,34)(H,35,36)(H,27,29,30)/p-3/t20-,22?,23?,24+,25-/m1/s1. The number of benzene rings is 2. The van der Waals surface area contributed by atoms with E-state index in [-0.39, 0.29) is 0 Å². The number of nitrogens with one attached hydrogen (secondary N) is 1. The monoisotopic (exact) mass is 685 g/mol. The highest BCUT2D eigenvalue weighted by atomic mass is 31.3. The van der Waals surface area contributed by atoms with Gasteiger partial charge in [-0.05, 0) is 43.0 Å². The fraction of sp³-hybridized carbons (Fsp3) is 0.385. The average molecular weight is 685 g/mol. The Kier molecular flexibility index (Phi) is 9.98. The van der Waals surface area contributed by atoms with E-state index in [9.17, 15) is 38.0 Å². The molecule has 2 saturated heterocycles. The number of H-pyrrole nitrogens is 1. The molecule has 2 aliphatic heterocycles. The van der Waals surface area contributed by atoms with E-state index in [1.54, 1.807) is 13.8 Å². The molecule has 244 valence electrons. The lowest BCUT2D eigenvalue weighted by molar-refractivity contribution is -0.246.